The van der Waals surface area contributed by atoms with Gasteiger partial charge in [-0.1, -0.05) is 54.6 Å². The Balaban J connectivity index is 0.000000296. The van der Waals surface area contributed by atoms with Crippen molar-refractivity contribution in [3.8, 4) is 28.4 Å². The molecule has 0 saturated carbocycles. The molecule has 6 rings (SSSR count). The van der Waals surface area contributed by atoms with Gasteiger partial charge in [0.1, 0.15) is 17.3 Å². The number of allylic oxidation sites excluding steroid dienone is 1. The van der Waals surface area contributed by atoms with E-state index in [0.29, 0.717) is 34.9 Å². The minimum absolute atomic E-state index is 0.0346. The number of nitrogens with zero attached hydrogens (tertiary/aromatic N) is 1. The molecule has 0 radical (unpaired) electrons. The molecule has 0 aliphatic carbocycles. The molecule has 6 nitrogen and oxygen atoms in total. The summed E-state index contributed by atoms with van der Waals surface area (Å²) < 4.78 is 26.7. The molecule has 0 unspecified atom stereocenters. The zero-order valence-electron chi connectivity index (χ0n) is 25.9. The highest BCUT2D eigenvalue weighted by Crippen LogP contribution is 2.54. The molecule has 1 amide bonds. The number of carbonyl (C=O) groups excluding carboxylic acids is 1. The molecule has 0 spiro atoms. The lowest BCUT2D eigenvalue weighted by atomic mass is 9.82. The van der Waals surface area contributed by atoms with E-state index in [2.05, 4.69) is 32.2 Å². The second-order valence-corrected chi connectivity index (χ2v) is 11.7. The summed E-state index contributed by atoms with van der Waals surface area (Å²) in [5.41, 5.74) is 7.67. The number of phenols is 1. The van der Waals surface area contributed by atoms with Crippen LogP contribution < -0.4 is 14.8 Å². The molecule has 2 aliphatic heterocycles. The van der Waals surface area contributed by atoms with Gasteiger partial charge in [-0.15, -0.1) is 0 Å². The van der Waals surface area contributed by atoms with Crippen LogP contribution in [0.1, 0.15) is 48.6 Å². The lowest BCUT2D eigenvalue weighted by Gasteiger charge is -2.35. The first-order chi connectivity index (χ1) is 21.0. The van der Waals surface area contributed by atoms with Gasteiger partial charge < -0.3 is 24.8 Å². The molecular formula is C37H37FN2O4. The summed E-state index contributed by atoms with van der Waals surface area (Å²) in [5, 5.41) is 14.0. The molecule has 0 fully saturated rings. The van der Waals surface area contributed by atoms with Crippen molar-refractivity contribution in [1.29, 1.82) is 0 Å². The molecule has 2 heterocycles. The number of methoxy groups -OCH3 is 1. The quantitative estimate of drug-likeness (QED) is 0.228. The molecule has 0 atom stereocenters. The van der Waals surface area contributed by atoms with Crippen molar-refractivity contribution in [2.24, 2.45) is 0 Å². The van der Waals surface area contributed by atoms with E-state index in [1.165, 1.54) is 13.2 Å². The maximum absolute atomic E-state index is 14.8. The van der Waals surface area contributed by atoms with E-state index in [1.807, 2.05) is 55.5 Å². The number of aromatic hydroxyl groups is 1. The fourth-order valence-corrected chi connectivity index (χ4v) is 5.82. The van der Waals surface area contributed by atoms with E-state index in [1.54, 1.807) is 36.2 Å². The molecule has 0 bridgehead atoms. The van der Waals surface area contributed by atoms with Crippen LogP contribution in [-0.4, -0.2) is 36.1 Å². The molecule has 4 aromatic rings. The van der Waals surface area contributed by atoms with E-state index in [9.17, 15) is 14.3 Å². The Labute approximate surface area is 258 Å². The maximum Gasteiger partial charge on any atom is 0.209 e. The number of nitrogens with one attached hydrogen (secondary N) is 1. The summed E-state index contributed by atoms with van der Waals surface area (Å²) in [6.45, 7) is 8.87. The number of amides is 1. The number of hydrogen-bond acceptors (Lipinski definition) is 5. The third kappa shape index (κ3) is 6.04. The van der Waals surface area contributed by atoms with Gasteiger partial charge in [-0.05, 0) is 74.7 Å². The molecule has 0 saturated heterocycles. The monoisotopic (exact) mass is 592 g/mol. The summed E-state index contributed by atoms with van der Waals surface area (Å²) in [4.78, 5) is 11.8. The first-order valence-corrected chi connectivity index (χ1v) is 14.4. The van der Waals surface area contributed by atoms with Crippen molar-refractivity contribution in [3.05, 3.63) is 113 Å². The molecule has 226 valence electrons. The normalized spacial score (nSPS) is 14.8. The summed E-state index contributed by atoms with van der Waals surface area (Å²) in [6, 6.07) is 22.2. The van der Waals surface area contributed by atoms with Crippen LogP contribution in [0.5, 0.6) is 17.2 Å². The number of ether oxygens (including phenoxy) is 2. The first-order valence-electron chi connectivity index (χ1n) is 14.4. The fraction of sp³-hybridized carbons (Fsp3) is 0.216. The van der Waals surface area contributed by atoms with E-state index < -0.39 is 0 Å². The largest absolute Gasteiger partial charge is 0.504 e. The highest BCUT2D eigenvalue weighted by molar-refractivity contribution is 6.02. The van der Waals surface area contributed by atoms with Crippen LogP contribution in [0.4, 0.5) is 10.1 Å². The van der Waals surface area contributed by atoms with Crippen molar-refractivity contribution in [3.63, 3.8) is 0 Å². The van der Waals surface area contributed by atoms with Crippen molar-refractivity contribution in [2.45, 2.75) is 39.8 Å². The van der Waals surface area contributed by atoms with Crippen molar-refractivity contribution in [1.82, 2.24) is 4.90 Å². The lowest BCUT2D eigenvalue weighted by molar-refractivity contribution is -0.117. The Bertz CT molecular complexity index is 1760. The van der Waals surface area contributed by atoms with Crippen LogP contribution in [0, 0.1) is 12.7 Å². The SMILES string of the molecule is CN(C=O)Cc1ccccc1.COc1c(O)ccc2c1-c1ccc3c(c1/C(=C/c1c(C)cccc1F)O2)C(C)=CC(C)(C)N3. The number of rotatable bonds is 5. The molecule has 4 aromatic carbocycles. The Hall–Kier alpha value is -5.04. The predicted molar refractivity (Wildman–Crippen MR) is 175 cm³/mol. The molecule has 7 heteroatoms. The molecule has 0 aromatic heterocycles. The molecular weight excluding hydrogens is 555 g/mol. The number of benzene rings is 4. The minimum Gasteiger partial charge on any atom is -0.504 e. The Morgan fingerprint density at radius 2 is 1.73 bits per heavy atom. The standard InChI is InChI=1S/C28H26FNO3.C9H11NO/c1-15-7-6-8-19(29)18(15)13-23-25-17(26-22(33-23)12-11-21(31)27(26)32-5)9-10-20-24(25)16(2)14-28(3,4)30-20;1-10(8-11)7-9-5-3-2-4-6-9/h6-14,30-31H,1-5H3;2-6,8H,7H2,1H3/b23-13-;. The van der Waals surface area contributed by atoms with Crippen molar-refractivity contribution >= 4 is 29.5 Å². The zero-order valence-corrected chi connectivity index (χ0v) is 25.9. The highest BCUT2D eigenvalue weighted by Gasteiger charge is 2.33. The van der Waals surface area contributed by atoms with E-state index >= 15 is 0 Å². The van der Waals surface area contributed by atoms with Crippen LogP contribution in [0.15, 0.2) is 78.9 Å². The fourth-order valence-electron chi connectivity index (χ4n) is 5.82. The first kappa shape index (κ1) is 30.4. The number of anilines is 1. The summed E-state index contributed by atoms with van der Waals surface area (Å²) in [5.74, 6) is 1.17. The van der Waals surface area contributed by atoms with Gasteiger partial charge in [-0.25, -0.2) is 4.39 Å². The Kier molecular flexibility index (Phi) is 8.50. The van der Waals surface area contributed by atoms with Gasteiger partial charge in [0, 0.05) is 41.5 Å². The van der Waals surface area contributed by atoms with Crippen molar-refractivity contribution < 1.29 is 23.8 Å². The van der Waals surface area contributed by atoms with Gasteiger partial charge in [-0.3, -0.25) is 4.79 Å². The van der Waals surface area contributed by atoms with Gasteiger partial charge in [0.15, 0.2) is 11.5 Å². The molecule has 2 N–H and O–H groups in total. The highest BCUT2D eigenvalue weighted by atomic mass is 19.1. The van der Waals surface area contributed by atoms with E-state index in [4.69, 9.17) is 9.47 Å². The predicted octanol–water partition coefficient (Wildman–Crippen LogP) is 8.29. The second kappa shape index (κ2) is 12.3. The molecule has 2 aliphatic rings. The number of halogens is 1. The summed E-state index contributed by atoms with van der Waals surface area (Å²) in [6.07, 6.45) is 4.77. The number of carbonyl (C=O) groups is 1. The Morgan fingerprint density at radius 3 is 2.41 bits per heavy atom. The average Bonchev–Trinajstić information content (AvgIpc) is 2.99. The van der Waals surface area contributed by atoms with Crippen LogP contribution in [-0.2, 0) is 11.3 Å². The number of hydrogen-bond donors (Lipinski definition) is 2. The number of aryl methyl sites for hydroxylation is 1. The zero-order chi connectivity index (χ0) is 31.6. The van der Waals surface area contributed by atoms with Gasteiger partial charge in [0.25, 0.3) is 0 Å². The Morgan fingerprint density at radius 1 is 0.977 bits per heavy atom. The van der Waals surface area contributed by atoms with Gasteiger partial charge >= 0.3 is 0 Å². The minimum atomic E-state index is -0.307. The van der Waals surface area contributed by atoms with Crippen LogP contribution in [0.3, 0.4) is 0 Å². The van der Waals surface area contributed by atoms with E-state index in [0.717, 1.165) is 45.5 Å². The lowest BCUT2D eigenvalue weighted by Crippen LogP contribution is -2.32. The van der Waals surface area contributed by atoms with Crippen LogP contribution in [0.25, 0.3) is 28.5 Å². The van der Waals surface area contributed by atoms with Crippen LogP contribution in [0.2, 0.25) is 0 Å². The van der Waals surface area contributed by atoms with E-state index in [-0.39, 0.29) is 17.1 Å². The summed E-state index contributed by atoms with van der Waals surface area (Å²) in [7, 11) is 3.29. The van der Waals surface area contributed by atoms with Gasteiger partial charge in [-0.2, -0.15) is 0 Å². The maximum atomic E-state index is 14.8. The van der Waals surface area contributed by atoms with Crippen molar-refractivity contribution in [2.75, 3.05) is 19.5 Å². The van der Waals surface area contributed by atoms with Crippen LogP contribution >= 0.6 is 0 Å². The average molecular weight is 593 g/mol. The number of phenolic OH excluding ortho intramolecular Hbond substituents is 1. The van der Waals surface area contributed by atoms with Gasteiger partial charge in [0.05, 0.1) is 18.2 Å². The number of fused-ring (bicyclic) bond motifs is 5. The summed E-state index contributed by atoms with van der Waals surface area (Å²) >= 11 is 0. The topological polar surface area (TPSA) is 71.0 Å². The second-order valence-electron chi connectivity index (χ2n) is 11.7. The molecule has 44 heavy (non-hydrogen) atoms. The van der Waals surface area contributed by atoms with Gasteiger partial charge in [0.2, 0.25) is 6.41 Å². The third-order valence-electron chi connectivity index (χ3n) is 7.67. The third-order valence-corrected chi connectivity index (χ3v) is 7.67. The smallest absolute Gasteiger partial charge is 0.209 e.